The summed E-state index contributed by atoms with van der Waals surface area (Å²) in [6.45, 7) is 8.96. The molecule has 0 atom stereocenters. The Bertz CT molecular complexity index is 774. The lowest BCUT2D eigenvalue weighted by Gasteiger charge is -2.23. The maximum absolute atomic E-state index is 11.3. The lowest BCUT2D eigenvalue weighted by Crippen LogP contribution is -2.16. The largest absolute Gasteiger partial charge is 0.497 e. The summed E-state index contributed by atoms with van der Waals surface area (Å²) in [5.74, 6) is 0.586. The third-order valence-corrected chi connectivity index (χ3v) is 3.96. The van der Waals surface area contributed by atoms with Crippen molar-refractivity contribution in [1.82, 2.24) is 0 Å². The lowest BCUT2D eigenvalue weighted by atomic mass is 9.86. The first-order valence-electron chi connectivity index (χ1n) is 8.50. The monoisotopic (exact) mass is 358 g/mol. The van der Waals surface area contributed by atoms with Crippen LogP contribution < -0.4 is 14.2 Å². The summed E-state index contributed by atoms with van der Waals surface area (Å²) in [5, 5.41) is 9.27. The number of carboxylic acid groups (broad SMARTS) is 1. The molecule has 0 aromatic heterocycles. The molecule has 0 aliphatic carbocycles. The molecule has 5 heteroatoms. The van der Waals surface area contributed by atoms with Crippen LogP contribution in [0.15, 0.2) is 36.4 Å². The van der Waals surface area contributed by atoms with Gasteiger partial charge in [0.15, 0.2) is 0 Å². The van der Waals surface area contributed by atoms with Gasteiger partial charge < -0.3 is 19.3 Å². The number of carboxylic acids is 1. The minimum Gasteiger partial charge on any atom is -0.497 e. The van der Waals surface area contributed by atoms with Gasteiger partial charge in [0.1, 0.15) is 36.0 Å². The predicted octanol–water partition coefficient (Wildman–Crippen LogP) is 4.46. The molecule has 0 aliphatic rings. The van der Waals surface area contributed by atoms with Crippen molar-refractivity contribution in [3.8, 4) is 17.2 Å². The van der Waals surface area contributed by atoms with Gasteiger partial charge in [-0.15, -0.1) is 0 Å². The van der Waals surface area contributed by atoms with Gasteiger partial charge in [-0.1, -0.05) is 32.9 Å². The van der Waals surface area contributed by atoms with Crippen molar-refractivity contribution in [2.75, 3.05) is 20.3 Å². The molecule has 0 amide bonds. The van der Waals surface area contributed by atoms with Crippen molar-refractivity contribution in [3.05, 3.63) is 53.1 Å². The van der Waals surface area contributed by atoms with Gasteiger partial charge in [-0.05, 0) is 41.7 Å². The molecule has 5 nitrogen and oxygen atoms in total. The highest BCUT2D eigenvalue weighted by atomic mass is 16.5. The standard InChI is InChI=1S/C21H26O5/c1-14-6-9-17(21(2,3)4)19(12-14)26-11-10-25-18-13-15(24-5)7-8-16(18)20(22)23/h6-9,12-13H,10-11H2,1-5H3,(H,22,23). The van der Waals surface area contributed by atoms with Crippen LogP contribution >= 0.6 is 0 Å². The molecule has 2 aromatic rings. The van der Waals surface area contributed by atoms with E-state index in [2.05, 4.69) is 32.9 Å². The number of methoxy groups -OCH3 is 1. The third kappa shape index (κ3) is 4.91. The first kappa shape index (κ1) is 19.6. The van der Waals surface area contributed by atoms with E-state index in [1.54, 1.807) is 12.1 Å². The number of benzene rings is 2. The van der Waals surface area contributed by atoms with E-state index in [1.165, 1.54) is 13.2 Å². The fourth-order valence-corrected chi connectivity index (χ4v) is 2.60. The SMILES string of the molecule is COc1ccc(C(=O)O)c(OCCOc2cc(C)ccc2C(C)(C)C)c1. The summed E-state index contributed by atoms with van der Waals surface area (Å²) in [5.41, 5.74) is 2.30. The van der Waals surface area contributed by atoms with E-state index in [4.69, 9.17) is 14.2 Å². The topological polar surface area (TPSA) is 65.0 Å². The van der Waals surface area contributed by atoms with Crippen LogP contribution in [0.1, 0.15) is 42.3 Å². The summed E-state index contributed by atoms with van der Waals surface area (Å²) < 4.78 is 16.7. The first-order valence-corrected chi connectivity index (χ1v) is 8.50. The Morgan fingerprint density at radius 3 is 2.23 bits per heavy atom. The average Bonchev–Trinajstić information content (AvgIpc) is 2.57. The van der Waals surface area contributed by atoms with Crippen molar-refractivity contribution in [2.45, 2.75) is 33.1 Å². The van der Waals surface area contributed by atoms with Crippen LogP contribution in [0.4, 0.5) is 0 Å². The van der Waals surface area contributed by atoms with Gasteiger partial charge in [0, 0.05) is 6.07 Å². The van der Waals surface area contributed by atoms with Crippen molar-refractivity contribution in [3.63, 3.8) is 0 Å². The first-order chi connectivity index (χ1) is 12.2. The lowest BCUT2D eigenvalue weighted by molar-refractivity contribution is 0.0691. The van der Waals surface area contributed by atoms with Crippen molar-refractivity contribution >= 4 is 5.97 Å². The summed E-state index contributed by atoms with van der Waals surface area (Å²) >= 11 is 0. The molecule has 2 aromatic carbocycles. The molecule has 0 fully saturated rings. The van der Waals surface area contributed by atoms with Gasteiger partial charge in [0.2, 0.25) is 0 Å². The molecular formula is C21H26O5. The summed E-state index contributed by atoms with van der Waals surface area (Å²) in [6.07, 6.45) is 0. The summed E-state index contributed by atoms with van der Waals surface area (Å²) in [4.78, 5) is 11.3. The molecule has 0 saturated heterocycles. The minimum atomic E-state index is -1.04. The van der Waals surface area contributed by atoms with Crippen molar-refractivity contribution in [1.29, 1.82) is 0 Å². The van der Waals surface area contributed by atoms with E-state index < -0.39 is 5.97 Å². The number of carbonyl (C=O) groups is 1. The maximum Gasteiger partial charge on any atom is 0.339 e. The molecule has 1 N–H and O–H groups in total. The van der Waals surface area contributed by atoms with Gasteiger partial charge in [-0.25, -0.2) is 4.79 Å². The van der Waals surface area contributed by atoms with Crippen LogP contribution in [-0.4, -0.2) is 31.4 Å². The Kier molecular flexibility index (Phi) is 6.14. The normalized spacial score (nSPS) is 11.1. The van der Waals surface area contributed by atoms with Gasteiger partial charge >= 0.3 is 5.97 Å². The Labute approximate surface area is 154 Å². The van der Waals surface area contributed by atoms with Crippen LogP contribution in [0.5, 0.6) is 17.2 Å². The quantitative estimate of drug-likeness (QED) is 0.741. The van der Waals surface area contributed by atoms with Crippen LogP contribution in [0.3, 0.4) is 0 Å². The fourth-order valence-electron chi connectivity index (χ4n) is 2.60. The van der Waals surface area contributed by atoms with Gasteiger partial charge in [-0.3, -0.25) is 0 Å². The third-order valence-electron chi connectivity index (χ3n) is 3.96. The van der Waals surface area contributed by atoms with E-state index in [9.17, 15) is 9.90 Å². The van der Waals surface area contributed by atoms with Crippen molar-refractivity contribution in [2.24, 2.45) is 0 Å². The van der Waals surface area contributed by atoms with E-state index in [-0.39, 0.29) is 23.3 Å². The molecule has 0 aliphatic heterocycles. The zero-order valence-electron chi connectivity index (χ0n) is 16.0. The van der Waals surface area contributed by atoms with Crippen molar-refractivity contribution < 1.29 is 24.1 Å². The molecule has 140 valence electrons. The van der Waals surface area contributed by atoms with Crippen LogP contribution in [-0.2, 0) is 5.41 Å². The molecule has 0 heterocycles. The molecular weight excluding hydrogens is 332 g/mol. The number of aromatic carboxylic acids is 1. The summed E-state index contributed by atoms with van der Waals surface area (Å²) in [7, 11) is 1.52. The van der Waals surface area contributed by atoms with Gasteiger partial charge in [0.25, 0.3) is 0 Å². The smallest absolute Gasteiger partial charge is 0.339 e. The molecule has 0 radical (unpaired) electrons. The maximum atomic E-state index is 11.3. The van der Waals surface area contributed by atoms with Gasteiger partial charge in [0.05, 0.1) is 7.11 Å². The average molecular weight is 358 g/mol. The number of hydrogen-bond acceptors (Lipinski definition) is 4. The van der Waals surface area contributed by atoms with E-state index in [0.29, 0.717) is 12.4 Å². The predicted molar refractivity (Wildman–Crippen MR) is 101 cm³/mol. The fraction of sp³-hybridized carbons (Fsp3) is 0.381. The molecule has 0 unspecified atom stereocenters. The number of hydrogen-bond donors (Lipinski definition) is 1. The second kappa shape index (κ2) is 8.13. The Hall–Kier alpha value is -2.69. The van der Waals surface area contributed by atoms with E-state index in [1.807, 2.05) is 13.0 Å². The zero-order valence-corrected chi connectivity index (χ0v) is 16.0. The highest BCUT2D eigenvalue weighted by Gasteiger charge is 2.19. The van der Waals surface area contributed by atoms with Crippen LogP contribution in [0, 0.1) is 6.92 Å². The summed E-state index contributed by atoms with van der Waals surface area (Å²) in [6, 6.07) is 10.8. The van der Waals surface area contributed by atoms with E-state index in [0.717, 1.165) is 16.9 Å². The highest BCUT2D eigenvalue weighted by Crippen LogP contribution is 2.32. The Morgan fingerprint density at radius 2 is 1.65 bits per heavy atom. The highest BCUT2D eigenvalue weighted by molar-refractivity contribution is 5.91. The zero-order chi connectivity index (χ0) is 19.3. The van der Waals surface area contributed by atoms with Gasteiger partial charge in [-0.2, -0.15) is 0 Å². The molecule has 0 saturated carbocycles. The minimum absolute atomic E-state index is 0.0346. The van der Waals surface area contributed by atoms with E-state index >= 15 is 0 Å². The number of rotatable bonds is 7. The molecule has 26 heavy (non-hydrogen) atoms. The number of aryl methyl sites for hydroxylation is 1. The molecule has 2 rings (SSSR count). The molecule has 0 bridgehead atoms. The molecule has 0 spiro atoms. The van der Waals surface area contributed by atoms with Crippen LogP contribution in [0.25, 0.3) is 0 Å². The second-order valence-corrected chi connectivity index (χ2v) is 7.11. The number of ether oxygens (including phenoxy) is 3. The Morgan fingerprint density at radius 1 is 1.00 bits per heavy atom. The van der Waals surface area contributed by atoms with Crippen LogP contribution in [0.2, 0.25) is 0 Å². The Balaban J connectivity index is 2.06. The second-order valence-electron chi connectivity index (χ2n) is 7.11.